The molecule has 0 spiro atoms. The van der Waals surface area contributed by atoms with E-state index >= 15 is 0 Å². The number of rotatable bonds is 2. The monoisotopic (exact) mass is 392 g/mol. The Morgan fingerprint density at radius 3 is 3.05 bits per heavy atom. The van der Waals surface area contributed by atoms with Crippen molar-refractivity contribution in [2.24, 2.45) is 0 Å². The third-order valence-electron chi connectivity index (χ3n) is 3.85. The van der Waals surface area contributed by atoms with Crippen LogP contribution < -0.4 is 5.56 Å². The SMILES string of the molecule is CCc1cc2c(=O)n3c(nc2s1)/C(=C/c1cc(Br)cs1)CC3. The van der Waals surface area contributed by atoms with Crippen molar-refractivity contribution < 1.29 is 0 Å². The predicted octanol–water partition coefficient (Wildman–Crippen LogP) is 4.79. The summed E-state index contributed by atoms with van der Waals surface area (Å²) in [4.78, 5) is 20.7. The van der Waals surface area contributed by atoms with Gasteiger partial charge in [-0.25, -0.2) is 4.98 Å². The topological polar surface area (TPSA) is 34.9 Å². The maximum Gasteiger partial charge on any atom is 0.262 e. The lowest BCUT2D eigenvalue weighted by Gasteiger charge is -2.02. The Morgan fingerprint density at radius 1 is 1.45 bits per heavy atom. The molecule has 0 bridgehead atoms. The Hall–Kier alpha value is -1.24. The number of fused-ring (bicyclic) bond motifs is 2. The zero-order chi connectivity index (χ0) is 15.3. The maximum absolute atomic E-state index is 12.6. The lowest BCUT2D eigenvalue weighted by molar-refractivity contribution is 0.726. The van der Waals surface area contributed by atoms with Gasteiger partial charge in [0.05, 0.1) is 5.39 Å². The van der Waals surface area contributed by atoms with Crippen LogP contribution in [0.5, 0.6) is 0 Å². The number of hydrogen-bond donors (Lipinski definition) is 0. The second-order valence-electron chi connectivity index (χ2n) is 5.26. The minimum absolute atomic E-state index is 0.103. The molecule has 0 aromatic carbocycles. The van der Waals surface area contributed by atoms with Gasteiger partial charge in [-0.15, -0.1) is 22.7 Å². The van der Waals surface area contributed by atoms with E-state index in [4.69, 9.17) is 4.98 Å². The summed E-state index contributed by atoms with van der Waals surface area (Å²) < 4.78 is 2.91. The number of allylic oxidation sites excluding steroid dienone is 1. The van der Waals surface area contributed by atoms with Crippen molar-refractivity contribution in [3.8, 4) is 0 Å². The van der Waals surface area contributed by atoms with Gasteiger partial charge in [0.1, 0.15) is 10.7 Å². The van der Waals surface area contributed by atoms with Crippen LogP contribution in [0.1, 0.15) is 28.9 Å². The lowest BCUT2D eigenvalue weighted by Crippen LogP contribution is -2.19. The van der Waals surface area contributed by atoms with E-state index in [0.717, 1.165) is 45.5 Å². The minimum Gasteiger partial charge on any atom is -0.292 e. The van der Waals surface area contributed by atoms with E-state index in [2.05, 4.69) is 40.4 Å². The molecule has 4 heterocycles. The van der Waals surface area contributed by atoms with Crippen molar-refractivity contribution in [2.75, 3.05) is 0 Å². The Kier molecular flexibility index (Phi) is 3.55. The molecule has 3 nitrogen and oxygen atoms in total. The molecule has 22 heavy (non-hydrogen) atoms. The third kappa shape index (κ3) is 2.30. The van der Waals surface area contributed by atoms with Crippen LogP contribution in [0.25, 0.3) is 21.9 Å². The van der Waals surface area contributed by atoms with Crippen molar-refractivity contribution in [3.63, 3.8) is 0 Å². The van der Waals surface area contributed by atoms with E-state index in [1.165, 1.54) is 9.75 Å². The number of aryl methyl sites for hydroxylation is 1. The second kappa shape index (κ2) is 5.44. The van der Waals surface area contributed by atoms with Crippen LogP contribution in [-0.2, 0) is 13.0 Å². The van der Waals surface area contributed by atoms with Gasteiger partial charge in [-0.2, -0.15) is 0 Å². The Bertz CT molecular complexity index is 964. The normalized spacial score (nSPS) is 15.8. The molecule has 0 saturated heterocycles. The summed E-state index contributed by atoms with van der Waals surface area (Å²) in [6, 6.07) is 4.10. The van der Waals surface area contributed by atoms with Gasteiger partial charge in [-0.3, -0.25) is 9.36 Å². The Balaban J connectivity index is 1.89. The zero-order valence-corrected chi connectivity index (χ0v) is 15.1. The second-order valence-corrected chi connectivity index (χ2v) is 8.24. The molecule has 4 rings (SSSR count). The van der Waals surface area contributed by atoms with E-state index in [1.807, 2.05) is 10.6 Å². The number of hydrogen-bond acceptors (Lipinski definition) is 4. The first-order chi connectivity index (χ1) is 10.7. The number of halogens is 1. The first-order valence-electron chi connectivity index (χ1n) is 7.14. The average molecular weight is 393 g/mol. The standard InChI is InChI=1S/C16H13BrN2OS2/c1-2-11-7-13-15(22-11)18-14-9(3-4-19(14)16(13)20)5-12-6-10(17)8-21-12/h5-8H,2-4H2,1H3/b9-5+. The molecule has 3 aromatic heterocycles. The van der Waals surface area contributed by atoms with Crippen LogP contribution in [-0.4, -0.2) is 9.55 Å². The number of thiophene rings is 2. The molecule has 112 valence electrons. The minimum atomic E-state index is 0.103. The summed E-state index contributed by atoms with van der Waals surface area (Å²) in [6.07, 6.45) is 3.97. The molecule has 0 saturated carbocycles. The molecule has 0 N–H and O–H groups in total. The molecule has 0 unspecified atom stereocenters. The fraction of sp³-hybridized carbons (Fsp3) is 0.250. The number of aromatic nitrogens is 2. The molecule has 0 radical (unpaired) electrons. The zero-order valence-electron chi connectivity index (χ0n) is 11.9. The summed E-state index contributed by atoms with van der Waals surface area (Å²) in [7, 11) is 0. The van der Waals surface area contributed by atoms with Crippen molar-refractivity contribution in [1.82, 2.24) is 9.55 Å². The van der Waals surface area contributed by atoms with Gasteiger partial charge in [-0.05, 0) is 52.6 Å². The summed E-state index contributed by atoms with van der Waals surface area (Å²) >= 11 is 6.80. The summed E-state index contributed by atoms with van der Waals surface area (Å²) in [5.41, 5.74) is 1.26. The van der Waals surface area contributed by atoms with Gasteiger partial charge < -0.3 is 0 Å². The van der Waals surface area contributed by atoms with E-state index in [1.54, 1.807) is 22.7 Å². The Labute approximate surface area is 144 Å². The molecule has 3 aromatic rings. The van der Waals surface area contributed by atoms with Crippen LogP contribution in [0.4, 0.5) is 0 Å². The molecule has 6 heteroatoms. The van der Waals surface area contributed by atoms with Gasteiger partial charge in [0.2, 0.25) is 0 Å². The van der Waals surface area contributed by atoms with Crippen molar-refractivity contribution in [1.29, 1.82) is 0 Å². The smallest absolute Gasteiger partial charge is 0.262 e. The lowest BCUT2D eigenvalue weighted by atomic mass is 10.2. The molecule has 0 atom stereocenters. The molecule has 0 amide bonds. The molecular weight excluding hydrogens is 380 g/mol. The Morgan fingerprint density at radius 2 is 2.32 bits per heavy atom. The van der Waals surface area contributed by atoms with Gasteiger partial charge in [-0.1, -0.05) is 6.92 Å². The van der Waals surface area contributed by atoms with Crippen LogP contribution >= 0.6 is 38.6 Å². The molecule has 0 fully saturated rings. The third-order valence-corrected chi connectivity index (χ3v) is 6.66. The highest BCUT2D eigenvalue weighted by Gasteiger charge is 2.22. The average Bonchev–Trinajstić information content (AvgIpc) is 3.19. The van der Waals surface area contributed by atoms with Gasteiger partial charge >= 0.3 is 0 Å². The fourth-order valence-electron chi connectivity index (χ4n) is 2.75. The van der Waals surface area contributed by atoms with Crippen LogP contribution in [0.2, 0.25) is 0 Å². The van der Waals surface area contributed by atoms with Crippen LogP contribution in [0.15, 0.2) is 26.8 Å². The predicted molar refractivity (Wildman–Crippen MR) is 97.8 cm³/mol. The fourth-order valence-corrected chi connectivity index (χ4v) is 5.11. The summed E-state index contributed by atoms with van der Waals surface area (Å²) in [6.45, 7) is 2.84. The molecular formula is C16H13BrN2OS2. The molecule has 0 aliphatic carbocycles. The van der Waals surface area contributed by atoms with Gasteiger partial charge in [0.15, 0.2) is 0 Å². The molecule has 1 aliphatic heterocycles. The number of nitrogens with zero attached hydrogens (tertiary/aromatic N) is 2. The van der Waals surface area contributed by atoms with E-state index in [-0.39, 0.29) is 5.56 Å². The van der Waals surface area contributed by atoms with E-state index < -0.39 is 0 Å². The summed E-state index contributed by atoms with van der Waals surface area (Å²) in [5, 5.41) is 2.84. The van der Waals surface area contributed by atoms with Gasteiger partial charge in [0.25, 0.3) is 5.56 Å². The van der Waals surface area contributed by atoms with E-state index in [9.17, 15) is 4.79 Å². The quantitative estimate of drug-likeness (QED) is 0.628. The van der Waals surface area contributed by atoms with E-state index in [0.29, 0.717) is 0 Å². The van der Waals surface area contributed by atoms with Crippen molar-refractivity contribution in [3.05, 3.63) is 47.9 Å². The highest BCUT2D eigenvalue weighted by Crippen LogP contribution is 2.31. The van der Waals surface area contributed by atoms with Crippen LogP contribution in [0.3, 0.4) is 0 Å². The van der Waals surface area contributed by atoms with Crippen LogP contribution in [0, 0.1) is 0 Å². The largest absolute Gasteiger partial charge is 0.292 e. The molecule has 1 aliphatic rings. The first-order valence-corrected chi connectivity index (χ1v) is 9.63. The highest BCUT2D eigenvalue weighted by atomic mass is 79.9. The first kappa shape index (κ1) is 14.4. The maximum atomic E-state index is 12.6. The van der Waals surface area contributed by atoms with Crippen molar-refractivity contribution >= 4 is 60.5 Å². The highest BCUT2D eigenvalue weighted by molar-refractivity contribution is 9.10. The van der Waals surface area contributed by atoms with Gasteiger partial charge in [0, 0.05) is 26.2 Å². The summed E-state index contributed by atoms with van der Waals surface area (Å²) in [5.74, 6) is 0.839. The van der Waals surface area contributed by atoms with Crippen molar-refractivity contribution in [2.45, 2.75) is 26.3 Å².